The van der Waals surface area contributed by atoms with Crippen LogP contribution in [-0.4, -0.2) is 50.5 Å². The molecule has 0 aromatic heterocycles. The van der Waals surface area contributed by atoms with Crippen LogP contribution in [0, 0.1) is 17.8 Å². The van der Waals surface area contributed by atoms with Gasteiger partial charge >= 0.3 is 0 Å². The van der Waals surface area contributed by atoms with Crippen LogP contribution in [0.5, 0.6) is 0 Å². The van der Waals surface area contributed by atoms with Crippen molar-refractivity contribution in [2.75, 3.05) is 23.7 Å². The highest BCUT2D eigenvalue weighted by Gasteiger charge is 2.51. The molecule has 1 atom stereocenters. The van der Waals surface area contributed by atoms with Gasteiger partial charge in [0.05, 0.1) is 11.9 Å². The number of sulfonamides is 1. The van der Waals surface area contributed by atoms with E-state index in [4.69, 9.17) is 11.6 Å². The predicted octanol–water partition coefficient (Wildman–Crippen LogP) is 6.30. The van der Waals surface area contributed by atoms with E-state index in [1.807, 2.05) is 31.2 Å². The third-order valence-corrected chi connectivity index (χ3v) is 11.4. The zero-order valence-electron chi connectivity index (χ0n) is 25.7. The van der Waals surface area contributed by atoms with Crippen molar-refractivity contribution in [1.29, 1.82) is 0 Å². The van der Waals surface area contributed by atoms with Gasteiger partial charge in [-0.15, -0.1) is 0 Å². The fraction of sp³-hybridized carbons (Fsp3) is 0.588. The minimum atomic E-state index is -3.79. The van der Waals surface area contributed by atoms with Gasteiger partial charge in [0.25, 0.3) is 0 Å². The van der Waals surface area contributed by atoms with Gasteiger partial charge < -0.3 is 10.2 Å². The highest BCUT2D eigenvalue weighted by molar-refractivity contribution is 7.92. The van der Waals surface area contributed by atoms with Gasteiger partial charge in [-0.3, -0.25) is 13.9 Å². The molecule has 0 radical (unpaired) electrons. The van der Waals surface area contributed by atoms with Crippen molar-refractivity contribution >= 4 is 39.1 Å². The van der Waals surface area contributed by atoms with Gasteiger partial charge in [-0.2, -0.15) is 0 Å². The Morgan fingerprint density at radius 3 is 2.05 bits per heavy atom. The van der Waals surface area contributed by atoms with Crippen LogP contribution in [0.1, 0.15) is 82.8 Å². The van der Waals surface area contributed by atoms with Gasteiger partial charge in [0, 0.05) is 18.1 Å². The monoisotopic (exact) mass is 627 g/mol. The number of carbonyl (C=O) groups is 2. The summed E-state index contributed by atoms with van der Waals surface area (Å²) in [4.78, 5) is 28.7. The lowest BCUT2D eigenvalue weighted by Crippen LogP contribution is -2.52. The summed E-state index contributed by atoms with van der Waals surface area (Å²) in [5.41, 5.74) is 2.78. The third kappa shape index (κ3) is 7.22. The van der Waals surface area contributed by atoms with E-state index in [1.165, 1.54) is 53.3 Å². The number of anilines is 1. The van der Waals surface area contributed by atoms with E-state index < -0.39 is 22.0 Å². The van der Waals surface area contributed by atoms with Gasteiger partial charge in [0.1, 0.15) is 12.6 Å². The number of rotatable bonds is 13. The molecule has 1 N–H and O–H groups in total. The van der Waals surface area contributed by atoms with Crippen LogP contribution < -0.4 is 9.62 Å². The average Bonchev–Trinajstić information content (AvgIpc) is 2.95. The molecule has 4 aliphatic rings. The van der Waals surface area contributed by atoms with Crippen LogP contribution in [0.2, 0.25) is 5.02 Å². The van der Waals surface area contributed by atoms with Gasteiger partial charge in [-0.1, -0.05) is 56.1 Å². The Hall–Kier alpha value is -2.58. The molecule has 2 aromatic carbocycles. The summed E-state index contributed by atoms with van der Waals surface area (Å²) in [5, 5.41) is 3.53. The second-order valence-electron chi connectivity index (χ2n) is 13.2. The summed E-state index contributed by atoms with van der Waals surface area (Å²) in [7, 11) is -3.79. The lowest BCUT2D eigenvalue weighted by Gasteiger charge is -2.57. The maximum absolute atomic E-state index is 14.0. The Bertz CT molecular complexity index is 1360. The number of unbranched alkanes of at least 4 members (excludes halogenated alkanes) is 1. The molecule has 0 aliphatic heterocycles. The SMILES string of the molecule is CCCCNC(=O)C(CC)N(Cc1ccc(Cl)cc1)C(=O)CN(c1ccc(C23CC4CC(CC(C4)C2)C3)cc1)S(C)(=O)=O. The van der Waals surface area contributed by atoms with Gasteiger partial charge in [0.15, 0.2) is 0 Å². The molecule has 2 amide bonds. The summed E-state index contributed by atoms with van der Waals surface area (Å²) in [6.45, 7) is 4.22. The normalized spacial score (nSPS) is 24.9. The van der Waals surface area contributed by atoms with Crippen molar-refractivity contribution in [3.8, 4) is 0 Å². The van der Waals surface area contributed by atoms with E-state index in [-0.39, 0.29) is 24.4 Å². The highest BCUT2D eigenvalue weighted by atomic mass is 35.5. The first-order valence-corrected chi connectivity index (χ1v) is 18.1. The number of nitrogens with one attached hydrogen (secondary N) is 1. The predicted molar refractivity (Wildman–Crippen MR) is 172 cm³/mol. The summed E-state index contributed by atoms with van der Waals surface area (Å²) in [5.74, 6) is 1.78. The van der Waals surface area contributed by atoms with Crippen molar-refractivity contribution in [2.45, 2.75) is 89.6 Å². The Morgan fingerprint density at radius 2 is 1.53 bits per heavy atom. The maximum atomic E-state index is 14.0. The van der Waals surface area contributed by atoms with Gasteiger partial charge in [0.2, 0.25) is 21.8 Å². The number of halogens is 1. The lowest BCUT2D eigenvalue weighted by atomic mass is 9.48. The quantitative estimate of drug-likeness (QED) is 0.264. The Balaban J connectivity index is 1.38. The molecule has 9 heteroatoms. The highest BCUT2D eigenvalue weighted by Crippen LogP contribution is 2.60. The van der Waals surface area contributed by atoms with Crippen LogP contribution >= 0.6 is 11.6 Å². The van der Waals surface area contributed by atoms with Crippen LogP contribution in [0.15, 0.2) is 48.5 Å². The topological polar surface area (TPSA) is 86.8 Å². The van der Waals surface area contributed by atoms with Crippen LogP contribution in [0.25, 0.3) is 0 Å². The van der Waals surface area contributed by atoms with E-state index in [1.54, 1.807) is 12.1 Å². The Morgan fingerprint density at radius 1 is 0.953 bits per heavy atom. The molecule has 0 spiro atoms. The van der Waals surface area contributed by atoms with E-state index >= 15 is 0 Å². The summed E-state index contributed by atoms with van der Waals surface area (Å²) in [6, 6.07) is 14.3. The molecule has 6 rings (SSSR count). The number of nitrogens with zero attached hydrogens (tertiary/aromatic N) is 2. The van der Waals surface area contributed by atoms with Crippen LogP contribution in [0.4, 0.5) is 5.69 Å². The molecular weight excluding hydrogens is 582 g/mol. The summed E-state index contributed by atoms with van der Waals surface area (Å²) in [6.07, 6.45) is 11.1. The minimum absolute atomic E-state index is 0.165. The van der Waals surface area contributed by atoms with Gasteiger partial charge in [-0.05, 0) is 110 Å². The lowest BCUT2D eigenvalue weighted by molar-refractivity contribution is -0.140. The van der Waals surface area contributed by atoms with Crippen molar-refractivity contribution < 1.29 is 18.0 Å². The minimum Gasteiger partial charge on any atom is -0.354 e. The summed E-state index contributed by atoms with van der Waals surface area (Å²) >= 11 is 6.09. The average molecular weight is 628 g/mol. The van der Waals surface area contributed by atoms with E-state index in [0.29, 0.717) is 23.7 Å². The van der Waals surface area contributed by atoms with Crippen LogP contribution in [-0.2, 0) is 31.6 Å². The third-order valence-electron chi connectivity index (χ3n) is 9.97. The van der Waals surface area contributed by atoms with Crippen molar-refractivity contribution in [1.82, 2.24) is 10.2 Å². The first-order chi connectivity index (χ1) is 20.5. The van der Waals surface area contributed by atoms with Crippen molar-refractivity contribution in [3.05, 3.63) is 64.7 Å². The van der Waals surface area contributed by atoms with E-state index in [9.17, 15) is 18.0 Å². The van der Waals surface area contributed by atoms with E-state index in [0.717, 1.165) is 42.4 Å². The number of hydrogen-bond acceptors (Lipinski definition) is 4. The maximum Gasteiger partial charge on any atom is 0.244 e. The zero-order valence-corrected chi connectivity index (χ0v) is 27.3. The van der Waals surface area contributed by atoms with Crippen molar-refractivity contribution in [3.63, 3.8) is 0 Å². The number of amides is 2. The largest absolute Gasteiger partial charge is 0.354 e. The smallest absolute Gasteiger partial charge is 0.244 e. The molecule has 234 valence electrons. The molecular formula is C34H46ClN3O4S. The molecule has 4 aliphatic carbocycles. The molecule has 2 aromatic rings. The number of hydrogen-bond donors (Lipinski definition) is 1. The number of carbonyl (C=O) groups excluding carboxylic acids is 2. The Labute approximate surface area is 262 Å². The van der Waals surface area contributed by atoms with Crippen molar-refractivity contribution in [2.24, 2.45) is 17.8 Å². The molecule has 7 nitrogen and oxygen atoms in total. The standard InChI is InChI=1S/C34H46ClN3O4S/c1-4-6-15-36-33(40)31(5-2)37(22-24-7-11-29(35)12-8-24)32(39)23-38(43(3,41)42)30-13-9-28(10-14-30)34-19-25-16-26(20-34)18-27(17-25)21-34/h7-14,25-27,31H,4-6,15-23H2,1-3H3,(H,36,40). The first-order valence-electron chi connectivity index (χ1n) is 15.9. The Kier molecular flexibility index (Phi) is 9.76. The molecule has 0 heterocycles. The van der Waals surface area contributed by atoms with Gasteiger partial charge in [-0.25, -0.2) is 8.42 Å². The molecule has 4 saturated carbocycles. The fourth-order valence-corrected chi connectivity index (χ4v) is 9.25. The second kappa shape index (κ2) is 13.2. The molecule has 43 heavy (non-hydrogen) atoms. The summed E-state index contributed by atoms with van der Waals surface area (Å²) < 4.78 is 27.4. The molecule has 4 fully saturated rings. The molecule has 4 bridgehead atoms. The molecule has 0 saturated heterocycles. The molecule has 1 unspecified atom stereocenters. The van der Waals surface area contributed by atoms with Crippen LogP contribution in [0.3, 0.4) is 0 Å². The fourth-order valence-electron chi connectivity index (χ4n) is 8.27. The first kappa shape index (κ1) is 31.8. The zero-order chi connectivity index (χ0) is 30.8. The number of benzene rings is 2. The van der Waals surface area contributed by atoms with E-state index in [2.05, 4.69) is 24.4 Å². The second-order valence-corrected chi connectivity index (χ2v) is 15.6.